The molecule has 0 unspecified atom stereocenters. The number of allylic oxidation sites excluding steroid dienone is 3. The molecule has 0 saturated heterocycles. The maximum atomic E-state index is 10.5. The maximum absolute atomic E-state index is 10.5. The smallest absolute Gasteiger partial charge is 0.309 e. The monoisotopic (exact) mass is 140 g/mol. The molecule has 0 aliphatic rings. The predicted octanol–water partition coefficient (Wildman–Crippen LogP) is 1.68. The third-order valence-electron chi connectivity index (χ3n) is 0.952. The average Bonchev–Trinajstić information content (AvgIpc) is 1.98. The van der Waals surface area contributed by atoms with Gasteiger partial charge in [-0.1, -0.05) is 24.3 Å². The Morgan fingerprint density at radius 2 is 2.20 bits per heavy atom. The van der Waals surface area contributed by atoms with Gasteiger partial charge in [-0.2, -0.15) is 0 Å². The van der Waals surface area contributed by atoms with Crippen LogP contribution in [0.4, 0.5) is 0 Å². The van der Waals surface area contributed by atoms with E-state index >= 15 is 0 Å². The van der Waals surface area contributed by atoms with Crippen LogP contribution in [0.2, 0.25) is 0 Å². The van der Waals surface area contributed by atoms with Gasteiger partial charge in [0.2, 0.25) is 0 Å². The number of carbonyl (C=O) groups is 1. The number of methoxy groups -OCH3 is 1. The summed E-state index contributed by atoms with van der Waals surface area (Å²) in [7, 11) is 1.38. The molecule has 0 rings (SSSR count). The fourth-order valence-corrected chi connectivity index (χ4v) is 0.437. The molecule has 2 nitrogen and oxygen atoms in total. The quantitative estimate of drug-likeness (QED) is 0.440. The third kappa shape index (κ3) is 5.09. The Bertz CT molecular complexity index is 145. The molecular weight excluding hydrogens is 128 g/mol. The molecule has 0 spiro atoms. The topological polar surface area (TPSA) is 26.3 Å². The molecule has 2 heteroatoms. The molecule has 0 amide bonds. The zero-order valence-electron chi connectivity index (χ0n) is 6.33. The lowest BCUT2D eigenvalue weighted by Gasteiger charge is -1.89. The van der Waals surface area contributed by atoms with Gasteiger partial charge in [-0.3, -0.25) is 4.79 Å². The lowest BCUT2D eigenvalue weighted by Crippen LogP contribution is -1.96. The van der Waals surface area contributed by atoms with Crippen molar-refractivity contribution in [3.63, 3.8) is 0 Å². The average molecular weight is 140 g/mol. The van der Waals surface area contributed by atoms with Crippen LogP contribution in [-0.4, -0.2) is 13.1 Å². The molecule has 0 bridgehead atoms. The molecule has 0 aliphatic carbocycles. The largest absolute Gasteiger partial charge is 0.469 e. The molecule has 0 N–H and O–H groups in total. The van der Waals surface area contributed by atoms with E-state index in [0.29, 0.717) is 6.42 Å². The summed E-state index contributed by atoms with van der Waals surface area (Å²) in [6.07, 6.45) is 7.68. The third-order valence-corrected chi connectivity index (χ3v) is 0.952. The van der Waals surface area contributed by atoms with Crippen LogP contribution in [0, 0.1) is 0 Å². The van der Waals surface area contributed by atoms with Gasteiger partial charge in [0.1, 0.15) is 0 Å². The Hall–Kier alpha value is -1.05. The predicted molar refractivity (Wildman–Crippen MR) is 40.6 cm³/mol. The highest BCUT2D eigenvalue weighted by Gasteiger charge is 1.91. The van der Waals surface area contributed by atoms with E-state index in [1.165, 1.54) is 7.11 Å². The van der Waals surface area contributed by atoms with Gasteiger partial charge < -0.3 is 4.74 Å². The van der Waals surface area contributed by atoms with Crippen molar-refractivity contribution in [2.24, 2.45) is 0 Å². The molecule has 0 aromatic rings. The summed E-state index contributed by atoms with van der Waals surface area (Å²) in [5.74, 6) is -0.208. The maximum Gasteiger partial charge on any atom is 0.309 e. The normalized spacial score (nSPS) is 11.0. The number of carbonyl (C=O) groups excluding carboxylic acids is 1. The van der Waals surface area contributed by atoms with Crippen molar-refractivity contribution >= 4 is 5.97 Å². The number of rotatable bonds is 3. The Morgan fingerprint density at radius 1 is 1.50 bits per heavy atom. The van der Waals surface area contributed by atoms with E-state index in [4.69, 9.17) is 0 Å². The number of hydrogen-bond donors (Lipinski definition) is 0. The van der Waals surface area contributed by atoms with Crippen LogP contribution in [0.3, 0.4) is 0 Å². The number of esters is 1. The van der Waals surface area contributed by atoms with Crippen LogP contribution in [0.1, 0.15) is 13.3 Å². The van der Waals surface area contributed by atoms with Crippen molar-refractivity contribution in [1.29, 1.82) is 0 Å². The highest BCUT2D eigenvalue weighted by molar-refractivity contribution is 5.70. The molecule has 0 saturated carbocycles. The molecule has 0 heterocycles. The van der Waals surface area contributed by atoms with Crippen molar-refractivity contribution < 1.29 is 9.53 Å². The van der Waals surface area contributed by atoms with Crippen molar-refractivity contribution in [3.05, 3.63) is 24.3 Å². The summed E-state index contributed by atoms with van der Waals surface area (Å²) < 4.78 is 4.42. The van der Waals surface area contributed by atoms with E-state index in [1.54, 1.807) is 6.08 Å². The molecule has 0 atom stereocenters. The van der Waals surface area contributed by atoms with Gasteiger partial charge >= 0.3 is 5.97 Å². The van der Waals surface area contributed by atoms with Crippen molar-refractivity contribution in [1.82, 2.24) is 0 Å². The van der Waals surface area contributed by atoms with E-state index in [-0.39, 0.29) is 5.97 Å². The van der Waals surface area contributed by atoms with Gasteiger partial charge in [0.25, 0.3) is 0 Å². The Kier molecular flexibility index (Phi) is 5.44. The summed E-state index contributed by atoms with van der Waals surface area (Å²) in [5, 5.41) is 0. The van der Waals surface area contributed by atoms with Gasteiger partial charge in [0.05, 0.1) is 13.5 Å². The van der Waals surface area contributed by atoms with E-state index in [9.17, 15) is 4.79 Å². The Morgan fingerprint density at radius 3 is 2.70 bits per heavy atom. The van der Waals surface area contributed by atoms with E-state index < -0.39 is 0 Å². The number of ether oxygens (including phenoxy) is 1. The van der Waals surface area contributed by atoms with Crippen molar-refractivity contribution in [3.8, 4) is 0 Å². The lowest BCUT2D eigenvalue weighted by atomic mass is 10.3. The fourth-order valence-electron chi connectivity index (χ4n) is 0.437. The van der Waals surface area contributed by atoms with Gasteiger partial charge in [-0.15, -0.1) is 0 Å². The van der Waals surface area contributed by atoms with Gasteiger partial charge in [-0.05, 0) is 6.92 Å². The van der Waals surface area contributed by atoms with Gasteiger partial charge in [-0.25, -0.2) is 0 Å². The molecule has 10 heavy (non-hydrogen) atoms. The second kappa shape index (κ2) is 6.08. The van der Waals surface area contributed by atoms with E-state index in [2.05, 4.69) is 4.74 Å². The second-order valence-corrected chi connectivity index (χ2v) is 1.73. The Balaban J connectivity index is 3.43. The summed E-state index contributed by atoms with van der Waals surface area (Å²) in [4.78, 5) is 10.5. The first-order valence-electron chi connectivity index (χ1n) is 3.16. The lowest BCUT2D eigenvalue weighted by molar-refractivity contribution is -0.139. The fraction of sp³-hybridized carbons (Fsp3) is 0.375. The van der Waals surface area contributed by atoms with Gasteiger partial charge in [0, 0.05) is 0 Å². The first kappa shape index (κ1) is 8.95. The minimum atomic E-state index is -0.208. The molecule has 0 aliphatic heterocycles. The molecule has 56 valence electrons. The summed E-state index contributed by atoms with van der Waals surface area (Å²) in [6, 6.07) is 0. The zero-order valence-corrected chi connectivity index (χ0v) is 6.33. The van der Waals surface area contributed by atoms with Crippen LogP contribution >= 0.6 is 0 Å². The highest BCUT2D eigenvalue weighted by Crippen LogP contribution is 1.86. The van der Waals surface area contributed by atoms with Crippen molar-refractivity contribution in [2.75, 3.05) is 7.11 Å². The molecule has 0 fully saturated rings. The van der Waals surface area contributed by atoms with Crippen LogP contribution in [0.25, 0.3) is 0 Å². The minimum absolute atomic E-state index is 0.208. The van der Waals surface area contributed by atoms with Crippen molar-refractivity contribution in [2.45, 2.75) is 13.3 Å². The van der Waals surface area contributed by atoms with Crippen LogP contribution in [0.5, 0.6) is 0 Å². The first-order chi connectivity index (χ1) is 4.81. The van der Waals surface area contributed by atoms with Crippen LogP contribution < -0.4 is 0 Å². The highest BCUT2D eigenvalue weighted by atomic mass is 16.5. The standard InChI is InChI=1S/C8H12O2/c1-3-4-5-6-7-8(9)10-2/h3-6H,7H2,1-2H3/b4-3-,6-5+. The molecular formula is C8H12O2. The molecule has 0 aromatic heterocycles. The van der Waals surface area contributed by atoms with E-state index in [1.807, 2.05) is 25.2 Å². The molecule has 0 aromatic carbocycles. The number of hydrogen-bond acceptors (Lipinski definition) is 2. The van der Waals surface area contributed by atoms with E-state index in [0.717, 1.165) is 0 Å². The summed E-state index contributed by atoms with van der Waals surface area (Å²) in [5.41, 5.74) is 0. The first-order valence-corrected chi connectivity index (χ1v) is 3.16. The summed E-state index contributed by atoms with van der Waals surface area (Å²) >= 11 is 0. The second-order valence-electron chi connectivity index (χ2n) is 1.73. The zero-order chi connectivity index (χ0) is 7.82. The molecule has 0 radical (unpaired) electrons. The Labute approximate surface area is 61.2 Å². The minimum Gasteiger partial charge on any atom is -0.469 e. The summed E-state index contributed by atoms with van der Waals surface area (Å²) in [6.45, 7) is 1.92. The van der Waals surface area contributed by atoms with Crippen LogP contribution in [0.15, 0.2) is 24.3 Å². The van der Waals surface area contributed by atoms with Crippen LogP contribution in [-0.2, 0) is 9.53 Å². The van der Waals surface area contributed by atoms with Gasteiger partial charge in [0.15, 0.2) is 0 Å². The SMILES string of the molecule is C/C=C\C=C\CC(=O)OC.